The lowest BCUT2D eigenvalue weighted by Crippen LogP contribution is -2.24. The van der Waals surface area contributed by atoms with E-state index >= 15 is 0 Å². The first-order chi connectivity index (χ1) is 8.33. The molecule has 6 nitrogen and oxygen atoms in total. The van der Waals surface area contributed by atoms with Gasteiger partial charge in [-0.3, -0.25) is 4.79 Å². The molecular formula is C11H20N4O2. The summed E-state index contributed by atoms with van der Waals surface area (Å²) in [5.74, 6) is 0. The first kappa shape index (κ1) is 13.8. The van der Waals surface area contributed by atoms with Crippen molar-refractivity contribution in [1.29, 1.82) is 0 Å². The molecule has 1 aromatic heterocycles. The highest BCUT2D eigenvalue weighted by Crippen LogP contribution is 1.87. The van der Waals surface area contributed by atoms with E-state index in [9.17, 15) is 4.79 Å². The highest BCUT2D eigenvalue weighted by molar-refractivity contribution is 4.98. The van der Waals surface area contributed by atoms with Crippen LogP contribution in [0.4, 0.5) is 0 Å². The summed E-state index contributed by atoms with van der Waals surface area (Å²) >= 11 is 0. The molecule has 0 saturated carbocycles. The maximum atomic E-state index is 10.8. The van der Waals surface area contributed by atoms with Crippen LogP contribution in [-0.2, 0) is 11.3 Å². The number of aromatic nitrogens is 2. The number of nitrogens with zero attached hydrogens (tertiary/aromatic N) is 1. The molecule has 17 heavy (non-hydrogen) atoms. The Morgan fingerprint density at radius 3 is 2.82 bits per heavy atom. The lowest BCUT2D eigenvalue weighted by atomic mass is 10.3. The van der Waals surface area contributed by atoms with E-state index in [0.29, 0.717) is 6.54 Å². The number of methoxy groups -OCH3 is 1. The molecule has 0 radical (unpaired) electrons. The Bertz CT molecular complexity index is 333. The molecule has 1 rings (SSSR count). The third-order valence-corrected chi connectivity index (χ3v) is 2.23. The number of aromatic amines is 1. The molecule has 6 heteroatoms. The van der Waals surface area contributed by atoms with E-state index in [4.69, 9.17) is 4.74 Å². The van der Waals surface area contributed by atoms with Crippen LogP contribution in [0.1, 0.15) is 12.1 Å². The SMILES string of the molecule is COCCNCCCNCc1ccc(=O)[nH]n1. The molecule has 1 heterocycles. The lowest BCUT2D eigenvalue weighted by Gasteiger charge is -2.05. The molecule has 0 spiro atoms. The summed E-state index contributed by atoms with van der Waals surface area (Å²) in [4.78, 5) is 10.8. The van der Waals surface area contributed by atoms with Gasteiger partial charge in [-0.15, -0.1) is 0 Å². The number of H-pyrrole nitrogens is 1. The Hall–Kier alpha value is -1.24. The second-order valence-corrected chi connectivity index (χ2v) is 3.69. The predicted molar refractivity (Wildman–Crippen MR) is 65.9 cm³/mol. The van der Waals surface area contributed by atoms with Crippen molar-refractivity contribution in [1.82, 2.24) is 20.8 Å². The minimum Gasteiger partial charge on any atom is -0.383 e. The Morgan fingerprint density at radius 1 is 1.29 bits per heavy atom. The molecule has 0 aliphatic rings. The number of rotatable bonds is 9. The standard InChI is InChI=1S/C11H20N4O2/c1-17-8-7-12-5-2-6-13-9-10-3-4-11(16)15-14-10/h3-4,12-13H,2,5-9H2,1H3,(H,15,16). The molecule has 0 amide bonds. The molecule has 0 aliphatic heterocycles. The molecular weight excluding hydrogens is 220 g/mol. The van der Waals surface area contributed by atoms with Crippen LogP contribution in [0.25, 0.3) is 0 Å². The van der Waals surface area contributed by atoms with E-state index in [1.807, 2.05) is 0 Å². The van der Waals surface area contributed by atoms with Crippen molar-refractivity contribution in [2.24, 2.45) is 0 Å². The first-order valence-corrected chi connectivity index (χ1v) is 5.78. The average Bonchev–Trinajstić information content (AvgIpc) is 2.35. The van der Waals surface area contributed by atoms with Crippen molar-refractivity contribution in [2.45, 2.75) is 13.0 Å². The van der Waals surface area contributed by atoms with Crippen LogP contribution in [0.15, 0.2) is 16.9 Å². The molecule has 0 bridgehead atoms. The summed E-state index contributed by atoms with van der Waals surface area (Å²) in [5, 5.41) is 12.8. The summed E-state index contributed by atoms with van der Waals surface area (Å²) < 4.78 is 4.92. The van der Waals surface area contributed by atoms with Crippen molar-refractivity contribution in [3.05, 3.63) is 28.2 Å². The maximum Gasteiger partial charge on any atom is 0.264 e. The number of ether oxygens (including phenoxy) is 1. The molecule has 96 valence electrons. The Balaban J connectivity index is 1.97. The van der Waals surface area contributed by atoms with Gasteiger partial charge in [-0.05, 0) is 25.6 Å². The van der Waals surface area contributed by atoms with Gasteiger partial charge in [0.25, 0.3) is 5.56 Å². The Labute approximate surface area is 101 Å². The monoisotopic (exact) mass is 240 g/mol. The van der Waals surface area contributed by atoms with Crippen molar-refractivity contribution in [2.75, 3.05) is 33.4 Å². The summed E-state index contributed by atoms with van der Waals surface area (Å²) in [6.07, 6.45) is 1.05. The van der Waals surface area contributed by atoms with Crippen LogP contribution in [0.3, 0.4) is 0 Å². The topological polar surface area (TPSA) is 79.0 Å². The minimum absolute atomic E-state index is 0.170. The zero-order valence-corrected chi connectivity index (χ0v) is 10.2. The third kappa shape index (κ3) is 6.83. The summed E-state index contributed by atoms with van der Waals surface area (Å²) in [6, 6.07) is 3.21. The molecule has 0 unspecified atom stereocenters. The smallest absolute Gasteiger partial charge is 0.264 e. The summed E-state index contributed by atoms with van der Waals surface area (Å²) in [6.45, 7) is 4.19. The van der Waals surface area contributed by atoms with E-state index in [1.54, 1.807) is 13.2 Å². The fourth-order valence-electron chi connectivity index (χ4n) is 1.33. The van der Waals surface area contributed by atoms with Crippen molar-refractivity contribution >= 4 is 0 Å². The minimum atomic E-state index is -0.170. The molecule has 0 aromatic carbocycles. The van der Waals surface area contributed by atoms with E-state index in [1.165, 1.54) is 6.07 Å². The zero-order valence-electron chi connectivity index (χ0n) is 10.2. The van der Waals surface area contributed by atoms with Gasteiger partial charge in [-0.25, -0.2) is 5.10 Å². The normalized spacial score (nSPS) is 10.6. The second kappa shape index (κ2) is 8.86. The fourth-order valence-corrected chi connectivity index (χ4v) is 1.33. The average molecular weight is 240 g/mol. The van der Waals surface area contributed by atoms with Crippen LogP contribution in [-0.4, -0.2) is 43.5 Å². The number of hydrogen-bond acceptors (Lipinski definition) is 5. The lowest BCUT2D eigenvalue weighted by molar-refractivity contribution is 0.199. The van der Waals surface area contributed by atoms with Gasteiger partial charge in [-0.1, -0.05) is 0 Å². The van der Waals surface area contributed by atoms with Crippen LogP contribution in [0, 0.1) is 0 Å². The van der Waals surface area contributed by atoms with Gasteiger partial charge in [0, 0.05) is 26.3 Å². The van der Waals surface area contributed by atoms with E-state index in [-0.39, 0.29) is 5.56 Å². The van der Waals surface area contributed by atoms with Crippen LogP contribution >= 0.6 is 0 Å². The molecule has 0 fully saturated rings. The van der Waals surface area contributed by atoms with Crippen molar-refractivity contribution < 1.29 is 4.74 Å². The van der Waals surface area contributed by atoms with Gasteiger partial charge in [0.05, 0.1) is 12.3 Å². The van der Waals surface area contributed by atoms with Gasteiger partial charge in [0.2, 0.25) is 0 Å². The number of nitrogens with one attached hydrogen (secondary N) is 3. The second-order valence-electron chi connectivity index (χ2n) is 3.69. The highest BCUT2D eigenvalue weighted by Gasteiger charge is 1.94. The Morgan fingerprint density at radius 2 is 2.12 bits per heavy atom. The molecule has 0 atom stereocenters. The quantitative estimate of drug-likeness (QED) is 0.506. The van der Waals surface area contributed by atoms with Crippen LogP contribution < -0.4 is 16.2 Å². The van der Waals surface area contributed by atoms with Gasteiger partial charge >= 0.3 is 0 Å². The van der Waals surface area contributed by atoms with E-state index in [0.717, 1.165) is 38.4 Å². The zero-order chi connectivity index (χ0) is 12.3. The highest BCUT2D eigenvalue weighted by atomic mass is 16.5. The summed E-state index contributed by atoms with van der Waals surface area (Å²) in [7, 11) is 1.69. The van der Waals surface area contributed by atoms with E-state index in [2.05, 4.69) is 20.8 Å². The predicted octanol–water partition coefficient (Wildman–Crippen LogP) is -0.514. The first-order valence-electron chi connectivity index (χ1n) is 5.78. The van der Waals surface area contributed by atoms with Gasteiger partial charge < -0.3 is 15.4 Å². The van der Waals surface area contributed by atoms with Crippen molar-refractivity contribution in [3.8, 4) is 0 Å². The summed E-state index contributed by atoms with van der Waals surface area (Å²) in [5.41, 5.74) is 0.674. The van der Waals surface area contributed by atoms with Crippen LogP contribution in [0.5, 0.6) is 0 Å². The van der Waals surface area contributed by atoms with Crippen LogP contribution in [0.2, 0.25) is 0 Å². The van der Waals surface area contributed by atoms with E-state index < -0.39 is 0 Å². The maximum absolute atomic E-state index is 10.8. The van der Waals surface area contributed by atoms with Crippen molar-refractivity contribution in [3.63, 3.8) is 0 Å². The molecule has 1 aromatic rings. The fraction of sp³-hybridized carbons (Fsp3) is 0.636. The molecule has 3 N–H and O–H groups in total. The van der Waals surface area contributed by atoms with Gasteiger partial charge in [-0.2, -0.15) is 5.10 Å². The third-order valence-electron chi connectivity index (χ3n) is 2.23. The molecule has 0 aliphatic carbocycles. The van der Waals surface area contributed by atoms with Gasteiger partial charge in [0.15, 0.2) is 0 Å². The molecule has 0 saturated heterocycles. The van der Waals surface area contributed by atoms with Gasteiger partial charge in [0.1, 0.15) is 0 Å². The largest absolute Gasteiger partial charge is 0.383 e. The Kier molecular flexibility index (Phi) is 7.20. The number of hydrogen-bond donors (Lipinski definition) is 3.